The SMILES string of the molecule is Cc1nc(NC(=O)c2cc(-c3ccc(F)c(F)c3)on2)sc1-c1nc(-c2ccc(F)cc2)no1. The molecule has 170 valence electrons. The van der Waals surface area contributed by atoms with Crippen LogP contribution in [0.4, 0.5) is 18.3 Å². The van der Waals surface area contributed by atoms with E-state index in [2.05, 4.69) is 25.6 Å². The Balaban J connectivity index is 1.33. The minimum atomic E-state index is -1.05. The van der Waals surface area contributed by atoms with Gasteiger partial charge in [0.05, 0.1) is 5.69 Å². The normalized spacial score (nSPS) is 11.1. The highest BCUT2D eigenvalue weighted by Gasteiger charge is 2.20. The Hall–Kier alpha value is -4.32. The number of nitrogens with one attached hydrogen (secondary N) is 1. The average molecular weight is 483 g/mol. The van der Waals surface area contributed by atoms with E-state index in [9.17, 15) is 18.0 Å². The van der Waals surface area contributed by atoms with Crippen LogP contribution in [-0.2, 0) is 0 Å². The molecule has 5 aromatic rings. The van der Waals surface area contributed by atoms with E-state index >= 15 is 0 Å². The van der Waals surface area contributed by atoms with Crippen LogP contribution >= 0.6 is 11.3 Å². The van der Waals surface area contributed by atoms with E-state index in [-0.39, 0.29) is 39.7 Å². The Kier molecular flexibility index (Phi) is 5.42. The van der Waals surface area contributed by atoms with Crippen molar-refractivity contribution in [1.82, 2.24) is 20.3 Å². The zero-order chi connectivity index (χ0) is 23.8. The van der Waals surface area contributed by atoms with Crippen molar-refractivity contribution in [3.63, 3.8) is 0 Å². The van der Waals surface area contributed by atoms with E-state index in [0.29, 0.717) is 16.1 Å². The van der Waals surface area contributed by atoms with Crippen molar-refractivity contribution >= 4 is 22.4 Å². The Bertz CT molecular complexity index is 1510. The summed E-state index contributed by atoms with van der Waals surface area (Å²) in [4.78, 5) is 21.7. The van der Waals surface area contributed by atoms with Gasteiger partial charge in [-0.25, -0.2) is 18.2 Å². The predicted molar refractivity (Wildman–Crippen MR) is 115 cm³/mol. The maximum absolute atomic E-state index is 13.5. The molecule has 0 bridgehead atoms. The topological polar surface area (TPSA) is 107 Å². The van der Waals surface area contributed by atoms with Gasteiger partial charge in [0.15, 0.2) is 28.2 Å². The quantitative estimate of drug-likeness (QED) is 0.352. The third-order valence-electron chi connectivity index (χ3n) is 4.69. The monoisotopic (exact) mass is 483 g/mol. The number of anilines is 1. The van der Waals surface area contributed by atoms with Crippen molar-refractivity contribution in [3.05, 3.63) is 77.4 Å². The lowest BCUT2D eigenvalue weighted by atomic mass is 10.1. The van der Waals surface area contributed by atoms with Gasteiger partial charge in [-0.15, -0.1) is 0 Å². The largest absolute Gasteiger partial charge is 0.355 e. The molecule has 34 heavy (non-hydrogen) atoms. The van der Waals surface area contributed by atoms with Crippen LogP contribution in [0.25, 0.3) is 33.5 Å². The number of thiazole rings is 1. The van der Waals surface area contributed by atoms with Crippen molar-refractivity contribution < 1.29 is 27.0 Å². The van der Waals surface area contributed by atoms with Gasteiger partial charge < -0.3 is 9.05 Å². The van der Waals surface area contributed by atoms with E-state index in [1.165, 1.54) is 36.4 Å². The van der Waals surface area contributed by atoms with Gasteiger partial charge in [-0.05, 0) is 49.4 Å². The van der Waals surface area contributed by atoms with Crippen LogP contribution in [0.5, 0.6) is 0 Å². The molecule has 12 heteroatoms. The van der Waals surface area contributed by atoms with Gasteiger partial charge in [-0.1, -0.05) is 21.7 Å². The highest BCUT2D eigenvalue weighted by molar-refractivity contribution is 7.19. The number of aromatic nitrogens is 4. The van der Waals surface area contributed by atoms with Crippen molar-refractivity contribution in [2.24, 2.45) is 0 Å². The molecule has 8 nitrogen and oxygen atoms in total. The number of aryl methyl sites for hydroxylation is 1. The van der Waals surface area contributed by atoms with E-state index in [0.717, 1.165) is 23.5 Å². The van der Waals surface area contributed by atoms with Crippen LogP contribution in [0.3, 0.4) is 0 Å². The van der Waals surface area contributed by atoms with Gasteiger partial charge in [-0.3, -0.25) is 10.1 Å². The summed E-state index contributed by atoms with van der Waals surface area (Å²) in [5.41, 5.74) is 1.27. The molecule has 0 aliphatic carbocycles. The van der Waals surface area contributed by atoms with Crippen molar-refractivity contribution in [2.75, 3.05) is 5.32 Å². The summed E-state index contributed by atoms with van der Waals surface area (Å²) >= 11 is 1.10. The van der Waals surface area contributed by atoms with Gasteiger partial charge in [0.1, 0.15) is 10.7 Å². The number of carbonyl (C=O) groups is 1. The molecular weight excluding hydrogens is 471 g/mol. The second-order valence-electron chi connectivity index (χ2n) is 7.02. The van der Waals surface area contributed by atoms with Gasteiger partial charge in [0.2, 0.25) is 5.82 Å². The number of amides is 1. The molecule has 2 aromatic carbocycles. The highest BCUT2D eigenvalue weighted by Crippen LogP contribution is 2.33. The van der Waals surface area contributed by atoms with Crippen molar-refractivity contribution in [3.8, 4) is 33.5 Å². The molecule has 0 aliphatic heterocycles. The second-order valence-corrected chi connectivity index (χ2v) is 8.02. The smallest absolute Gasteiger partial charge is 0.279 e. The van der Waals surface area contributed by atoms with Crippen molar-refractivity contribution in [2.45, 2.75) is 6.92 Å². The lowest BCUT2D eigenvalue weighted by Gasteiger charge is -1.96. The Morgan fingerprint density at radius 2 is 1.68 bits per heavy atom. The minimum Gasteiger partial charge on any atom is -0.355 e. The van der Waals surface area contributed by atoms with E-state index in [1.54, 1.807) is 6.92 Å². The third kappa shape index (κ3) is 4.18. The molecule has 0 unspecified atom stereocenters. The molecule has 0 saturated heterocycles. The molecule has 1 amide bonds. The van der Waals surface area contributed by atoms with Gasteiger partial charge in [0, 0.05) is 17.2 Å². The Morgan fingerprint density at radius 1 is 0.912 bits per heavy atom. The predicted octanol–water partition coefficient (Wildman–Crippen LogP) is 5.49. The van der Waals surface area contributed by atoms with E-state index in [1.807, 2.05) is 0 Å². The van der Waals surface area contributed by atoms with Gasteiger partial charge >= 0.3 is 0 Å². The number of carbonyl (C=O) groups excluding carboxylic acids is 1. The minimum absolute atomic E-state index is 0.0782. The third-order valence-corrected chi connectivity index (χ3v) is 5.75. The number of benzene rings is 2. The first-order valence-corrected chi connectivity index (χ1v) is 10.5. The lowest BCUT2D eigenvalue weighted by Crippen LogP contribution is -2.11. The summed E-state index contributed by atoms with van der Waals surface area (Å²) in [6.07, 6.45) is 0. The lowest BCUT2D eigenvalue weighted by molar-refractivity contribution is 0.101. The molecule has 1 N–H and O–H groups in total. The van der Waals surface area contributed by atoms with Crippen LogP contribution in [0, 0.1) is 24.4 Å². The first-order chi connectivity index (χ1) is 16.4. The molecular formula is C22H12F3N5O3S. The molecule has 0 fully saturated rings. The zero-order valence-corrected chi connectivity index (χ0v) is 18.0. The molecule has 0 spiro atoms. The average Bonchev–Trinajstić information content (AvgIpc) is 3.56. The van der Waals surface area contributed by atoms with E-state index < -0.39 is 17.5 Å². The first-order valence-electron chi connectivity index (χ1n) is 9.68. The number of halogens is 3. The maximum Gasteiger partial charge on any atom is 0.279 e. The molecule has 3 heterocycles. The summed E-state index contributed by atoms with van der Waals surface area (Å²) in [5.74, 6) is -2.47. The number of hydrogen-bond donors (Lipinski definition) is 1. The zero-order valence-electron chi connectivity index (χ0n) is 17.2. The first kappa shape index (κ1) is 21.5. The summed E-state index contributed by atoms with van der Waals surface area (Å²) in [6, 6.07) is 10.1. The molecule has 3 aromatic heterocycles. The molecule has 0 saturated carbocycles. The van der Waals surface area contributed by atoms with Crippen LogP contribution in [0.15, 0.2) is 57.6 Å². The maximum atomic E-state index is 13.5. The Morgan fingerprint density at radius 3 is 2.44 bits per heavy atom. The molecule has 5 rings (SSSR count). The van der Waals surface area contributed by atoms with Crippen LogP contribution < -0.4 is 5.32 Å². The van der Waals surface area contributed by atoms with E-state index in [4.69, 9.17) is 9.05 Å². The molecule has 0 aliphatic rings. The fourth-order valence-electron chi connectivity index (χ4n) is 3.01. The van der Waals surface area contributed by atoms with Gasteiger partial charge in [-0.2, -0.15) is 4.98 Å². The summed E-state index contributed by atoms with van der Waals surface area (Å²) < 4.78 is 50.1. The molecule has 0 radical (unpaired) electrons. The number of rotatable bonds is 5. The van der Waals surface area contributed by atoms with Crippen LogP contribution in [0.1, 0.15) is 16.2 Å². The fourth-order valence-corrected chi connectivity index (χ4v) is 3.89. The second kappa shape index (κ2) is 8.56. The standard InChI is InChI=1S/C22H12F3N5O3S/c1-10-18(21-27-19(30-33-21)11-2-5-13(23)6-3-11)34-22(26-10)28-20(31)16-9-17(32-29-16)12-4-7-14(24)15(25)8-12/h2-9H,1H3,(H,26,28,31). The van der Waals surface area contributed by atoms with Gasteiger partial charge in [0.25, 0.3) is 11.8 Å². The molecule has 0 atom stereocenters. The number of hydrogen-bond acceptors (Lipinski definition) is 8. The highest BCUT2D eigenvalue weighted by atomic mass is 32.1. The number of nitrogens with zero attached hydrogens (tertiary/aromatic N) is 4. The van der Waals surface area contributed by atoms with Crippen LogP contribution in [-0.4, -0.2) is 26.2 Å². The van der Waals surface area contributed by atoms with Crippen LogP contribution in [0.2, 0.25) is 0 Å². The Labute approximate surface area is 193 Å². The summed E-state index contributed by atoms with van der Waals surface area (Å²) in [7, 11) is 0. The summed E-state index contributed by atoms with van der Waals surface area (Å²) in [6.45, 7) is 1.71. The fraction of sp³-hybridized carbons (Fsp3) is 0.0455. The summed E-state index contributed by atoms with van der Waals surface area (Å²) in [5, 5.41) is 10.4. The van der Waals surface area contributed by atoms with Crippen molar-refractivity contribution in [1.29, 1.82) is 0 Å².